The first-order valence-corrected chi connectivity index (χ1v) is 4.66. The smallest absolute Gasteiger partial charge is 0.333 e. The molecule has 0 unspecified atom stereocenters. The number of aromatic nitrogens is 1. The summed E-state index contributed by atoms with van der Waals surface area (Å²) in [6.45, 7) is 2.81. The Kier molecular flexibility index (Phi) is 4.02. The highest BCUT2D eigenvalue weighted by Gasteiger charge is 1.98. The van der Waals surface area contributed by atoms with Gasteiger partial charge < -0.3 is 9.21 Å². The predicted octanol–water partition coefficient (Wildman–Crippen LogP) is -0.0717. The molecule has 0 spiro atoms. The largest absolute Gasteiger partial charge is 0.517 e. The van der Waals surface area contributed by atoms with Crippen LogP contribution in [0.1, 0.15) is 6.92 Å². The summed E-state index contributed by atoms with van der Waals surface area (Å²) in [6.07, 6.45) is 4.09. The van der Waals surface area contributed by atoms with Crippen LogP contribution in [0.2, 0.25) is 0 Å². The minimum Gasteiger partial charge on any atom is -0.517 e. The summed E-state index contributed by atoms with van der Waals surface area (Å²) in [5.74, 6) is 0.888. The second-order valence-corrected chi connectivity index (χ2v) is 2.96. The van der Waals surface area contributed by atoms with Crippen LogP contribution in [-0.4, -0.2) is 26.9 Å². The number of hydrogen-bond acceptors (Lipinski definition) is 2. The minimum absolute atomic E-state index is 0.438. The van der Waals surface area contributed by atoms with E-state index in [9.17, 15) is 0 Å². The van der Waals surface area contributed by atoms with Crippen molar-refractivity contribution in [2.24, 2.45) is 4.99 Å². The number of nitrogens with zero attached hydrogens (tertiary/aromatic N) is 2. The Bertz CT molecular complexity index is 274. The number of rotatable bonds is 3. The summed E-state index contributed by atoms with van der Waals surface area (Å²) < 4.78 is 7.33. The molecular formula is C9H15BN2O. The molecular weight excluding hydrogens is 163 g/mol. The van der Waals surface area contributed by atoms with E-state index in [4.69, 9.17) is 4.74 Å². The van der Waals surface area contributed by atoms with E-state index >= 15 is 0 Å². The molecule has 0 N–H and O–H groups in total. The molecule has 1 heterocycles. The van der Waals surface area contributed by atoms with Crippen molar-refractivity contribution in [1.29, 1.82) is 0 Å². The van der Waals surface area contributed by atoms with Crippen molar-refractivity contribution >= 4 is 13.2 Å². The summed E-state index contributed by atoms with van der Waals surface area (Å²) in [5.41, 5.74) is 0. The molecule has 0 aliphatic rings. The van der Waals surface area contributed by atoms with E-state index in [-0.39, 0.29) is 0 Å². The van der Waals surface area contributed by atoms with E-state index in [1.807, 2.05) is 37.5 Å². The maximum absolute atomic E-state index is 5.18. The van der Waals surface area contributed by atoms with Crippen LogP contribution in [0.5, 0.6) is 0 Å². The van der Waals surface area contributed by atoms with Crippen LogP contribution in [0.3, 0.4) is 0 Å². The van der Waals surface area contributed by atoms with Crippen molar-refractivity contribution in [3.8, 4) is 0 Å². The van der Waals surface area contributed by atoms with E-state index in [0.29, 0.717) is 0 Å². The molecule has 0 saturated carbocycles. The quantitative estimate of drug-likeness (QED) is 0.361. The van der Waals surface area contributed by atoms with Crippen molar-refractivity contribution in [2.75, 3.05) is 13.7 Å². The number of pyridine rings is 1. The summed E-state index contributed by atoms with van der Waals surface area (Å²) in [5, 5.41) is 0. The van der Waals surface area contributed by atoms with Gasteiger partial charge in [0.15, 0.2) is 0 Å². The van der Waals surface area contributed by atoms with Gasteiger partial charge in [-0.25, -0.2) is 0 Å². The van der Waals surface area contributed by atoms with Crippen LogP contribution in [-0.2, 0) is 4.74 Å². The predicted molar refractivity (Wildman–Crippen MR) is 55.6 cm³/mol. The third-order valence-corrected chi connectivity index (χ3v) is 1.99. The zero-order valence-electron chi connectivity index (χ0n) is 8.40. The Morgan fingerprint density at radius 2 is 2.08 bits per heavy atom. The van der Waals surface area contributed by atoms with Crippen molar-refractivity contribution in [3.63, 3.8) is 0 Å². The molecule has 0 bridgehead atoms. The molecule has 1 aromatic rings. The molecule has 1 aromatic heterocycles. The van der Waals surface area contributed by atoms with Gasteiger partial charge in [0.05, 0.1) is 12.9 Å². The molecule has 1 rings (SSSR count). The van der Waals surface area contributed by atoms with Gasteiger partial charge in [0.1, 0.15) is 12.4 Å². The lowest BCUT2D eigenvalue weighted by atomic mass is 9.93. The molecule has 0 aliphatic carbocycles. The number of hydrogen-bond donors (Lipinski definition) is 0. The first-order chi connectivity index (χ1) is 6.36. The van der Waals surface area contributed by atoms with Crippen LogP contribution < -0.4 is 4.48 Å². The Hall–Kier alpha value is -1.32. The van der Waals surface area contributed by atoms with Gasteiger partial charge in [-0.2, -0.15) is 0 Å². The van der Waals surface area contributed by atoms with Crippen molar-refractivity contribution in [1.82, 2.24) is 0 Å². The van der Waals surface area contributed by atoms with Crippen LogP contribution in [0.15, 0.2) is 35.6 Å². The van der Waals surface area contributed by atoms with Crippen LogP contribution in [0, 0.1) is 0 Å². The Balaban J connectivity index is 2.62. The minimum atomic E-state index is -0.438. The zero-order valence-corrected chi connectivity index (χ0v) is 8.40. The van der Waals surface area contributed by atoms with Gasteiger partial charge in [-0.1, -0.05) is 6.07 Å². The van der Waals surface area contributed by atoms with Gasteiger partial charge >= 0.3 is 7.41 Å². The third-order valence-electron chi connectivity index (χ3n) is 1.99. The first-order valence-electron chi connectivity index (χ1n) is 4.66. The van der Waals surface area contributed by atoms with Crippen molar-refractivity contribution in [3.05, 3.63) is 30.6 Å². The van der Waals surface area contributed by atoms with E-state index in [1.54, 1.807) is 7.11 Å². The molecule has 0 radical (unpaired) electrons. The Morgan fingerprint density at radius 1 is 1.38 bits per heavy atom. The standard InChI is InChI=1S/C9H15BN2O/c1-3-11-9(13-2)10-12-7-5-4-6-8-12/h4-8H,3,10H2,1-2H3. The maximum Gasteiger partial charge on any atom is 0.333 e. The zero-order chi connectivity index (χ0) is 9.52. The molecule has 70 valence electrons. The molecule has 4 heteroatoms. The summed E-state index contributed by atoms with van der Waals surface area (Å²) >= 11 is 0. The highest BCUT2D eigenvalue weighted by Crippen LogP contribution is 1.79. The van der Waals surface area contributed by atoms with Gasteiger partial charge in [0.25, 0.3) is 0 Å². The van der Waals surface area contributed by atoms with Crippen molar-refractivity contribution in [2.45, 2.75) is 6.92 Å². The first kappa shape index (κ1) is 9.77. The second-order valence-electron chi connectivity index (χ2n) is 2.96. The van der Waals surface area contributed by atoms with Gasteiger partial charge in [-0.15, -0.1) is 0 Å². The SMILES string of the molecule is CCN=C([BH2-][n+]1ccccc1)OC. The second kappa shape index (κ2) is 5.35. The monoisotopic (exact) mass is 178 g/mol. The van der Waals surface area contributed by atoms with Crippen LogP contribution in [0.25, 0.3) is 0 Å². The molecule has 0 atom stereocenters. The topological polar surface area (TPSA) is 25.5 Å². The highest BCUT2D eigenvalue weighted by atomic mass is 16.5. The normalized spacial score (nSPS) is 11.4. The Morgan fingerprint density at radius 3 is 2.62 bits per heavy atom. The van der Waals surface area contributed by atoms with Gasteiger partial charge in [0, 0.05) is 6.54 Å². The maximum atomic E-state index is 5.18. The molecule has 3 nitrogen and oxygen atoms in total. The molecule has 0 aromatic carbocycles. The molecule has 13 heavy (non-hydrogen) atoms. The highest BCUT2D eigenvalue weighted by molar-refractivity contribution is 6.66. The fourth-order valence-electron chi connectivity index (χ4n) is 1.30. The third kappa shape index (κ3) is 3.28. The van der Waals surface area contributed by atoms with Gasteiger partial charge in [0.2, 0.25) is 0 Å². The molecule has 0 aliphatic heterocycles. The lowest BCUT2D eigenvalue weighted by molar-refractivity contribution is -0.526. The molecule has 0 amide bonds. The number of methoxy groups -OCH3 is 1. The van der Waals surface area contributed by atoms with Crippen LogP contribution in [0.4, 0.5) is 0 Å². The fourth-order valence-corrected chi connectivity index (χ4v) is 1.30. The van der Waals surface area contributed by atoms with Gasteiger partial charge in [-0.3, -0.25) is 4.99 Å². The summed E-state index contributed by atoms with van der Waals surface area (Å²) in [6, 6.07) is 6.04. The van der Waals surface area contributed by atoms with Crippen LogP contribution >= 0.6 is 0 Å². The van der Waals surface area contributed by atoms with E-state index in [0.717, 1.165) is 12.3 Å². The fraction of sp³-hybridized carbons (Fsp3) is 0.333. The Labute approximate surface area is 79.3 Å². The summed E-state index contributed by atoms with van der Waals surface area (Å²) in [7, 11) is 1.24. The summed E-state index contributed by atoms with van der Waals surface area (Å²) in [4.78, 5) is 4.27. The molecule has 0 saturated heterocycles. The number of ether oxygens (including phenoxy) is 1. The number of aliphatic imine (C=N–C) groups is 1. The van der Waals surface area contributed by atoms with E-state index < -0.39 is 7.41 Å². The van der Waals surface area contributed by atoms with Crippen molar-refractivity contribution < 1.29 is 9.21 Å². The van der Waals surface area contributed by atoms with Gasteiger partial charge in [-0.05, 0) is 19.1 Å². The van der Waals surface area contributed by atoms with E-state index in [2.05, 4.69) is 9.47 Å². The average molecular weight is 178 g/mol. The molecule has 0 fully saturated rings. The lowest BCUT2D eigenvalue weighted by Crippen LogP contribution is -2.44. The lowest BCUT2D eigenvalue weighted by Gasteiger charge is -2.07. The average Bonchev–Trinajstić information content (AvgIpc) is 2.19. The van der Waals surface area contributed by atoms with E-state index in [1.165, 1.54) is 0 Å².